The fraction of sp³-hybridized carbons (Fsp3) is 0.667. The highest BCUT2D eigenvalue weighted by Crippen LogP contribution is 1.82. The zero-order valence-corrected chi connectivity index (χ0v) is 25.1. The lowest BCUT2D eigenvalue weighted by Gasteiger charge is -1.79. The minimum absolute atomic E-state index is 0. The number of benzene rings is 1. The van der Waals surface area contributed by atoms with Gasteiger partial charge in [0, 0.05) is 12.4 Å². The molecule has 0 unspecified atom stereocenters. The molecule has 0 amide bonds. The van der Waals surface area contributed by atoms with Crippen molar-refractivity contribution in [2.75, 3.05) is 0 Å². The van der Waals surface area contributed by atoms with Gasteiger partial charge in [-0.2, -0.15) is 0 Å². The Bertz CT molecular complexity index is 299. The van der Waals surface area contributed by atoms with Gasteiger partial charge in [-0.05, 0) is 35.8 Å². The first-order valence-electron chi connectivity index (χ1n) is 12.8. The molecule has 1 aromatic carbocycles. The van der Waals surface area contributed by atoms with Crippen molar-refractivity contribution >= 4 is 0 Å². The van der Waals surface area contributed by atoms with Crippen molar-refractivity contribution in [2.45, 2.75) is 126 Å². The molecule has 34 heavy (non-hydrogen) atoms. The number of rotatable bonds is 0. The van der Waals surface area contributed by atoms with Gasteiger partial charge in [-0.1, -0.05) is 168 Å². The van der Waals surface area contributed by atoms with E-state index in [0.29, 0.717) is 0 Å². The normalized spacial score (nSPS) is 7.41. The van der Waals surface area contributed by atoms with Gasteiger partial charge >= 0.3 is 0 Å². The molecule has 0 aliphatic carbocycles. The SMILES string of the molecule is C.C.CC.CC.CC(C)C.CC(C)C.CC(C)C.CC(C)C.c1ccccc1.c1ccncc1. The highest BCUT2D eigenvalue weighted by atomic mass is 14.6. The maximum Gasteiger partial charge on any atom is 0.0267 e. The molecule has 1 heteroatoms. The molecule has 0 radical (unpaired) electrons. The molecule has 0 saturated heterocycles. The summed E-state index contributed by atoms with van der Waals surface area (Å²) < 4.78 is 0. The molecule has 1 aromatic heterocycles. The number of hydrogen-bond donors (Lipinski definition) is 0. The van der Waals surface area contributed by atoms with E-state index in [9.17, 15) is 0 Å². The van der Waals surface area contributed by atoms with Gasteiger partial charge in [-0.3, -0.25) is 4.98 Å². The van der Waals surface area contributed by atoms with Crippen molar-refractivity contribution in [3.05, 3.63) is 67.0 Å². The van der Waals surface area contributed by atoms with E-state index in [1.54, 1.807) is 12.4 Å². The molecule has 1 heterocycles. The number of pyridine rings is 1. The summed E-state index contributed by atoms with van der Waals surface area (Å²) in [5.74, 6) is 3.33. The average Bonchev–Trinajstić information content (AvgIpc) is 2.72. The highest BCUT2D eigenvalue weighted by molar-refractivity contribution is 4.99. The van der Waals surface area contributed by atoms with E-state index >= 15 is 0 Å². The molecule has 2 rings (SSSR count). The molecule has 0 aliphatic rings. The van der Waals surface area contributed by atoms with Crippen molar-refractivity contribution in [1.82, 2.24) is 4.98 Å². The number of hydrogen-bond acceptors (Lipinski definition) is 1. The fourth-order valence-corrected chi connectivity index (χ4v) is 0.698. The Morgan fingerprint density at radius 3 is 0.500 bits per heavy atom. The molecule has 0 spiro atoms. The third kappa shape index (κ3) is 244. The quantitative estimate of drug-likeness (QED) is 0.364. The van der Waals surface area contributed by atoms with Gasteiger partial charge in [-0.25, -0.2) is 0 Å². The maximum atomic E-state index is 3.78. The van der Waals surface area contributed by atoms with Crippen molar-refractivity contribution in [1.29, 1.82) is 0 Å². The Balaban J connectivity index is -0.0000000386. The van der Waals surface area contributed by atoms with Crippen molar-refractivity contribution < 1.29 is 0 Å². The Morgan fingerprint density at radius 1 is 0.324 bits per heavy atom. The van der Waals surface area contributed by atoms with Crippen LogP contribution in [0.25, 0.3) is 0 Å². The monoisotopic (exact) mass is 482 g/mol. The van der Waals surface area contributed by atoms with Crippen molar-refractivity contribution in [3.63, 3.8) is 0 Å². The molecule has 208 valence electrons. The van der Waals surface area contributed by atoms with Crippen LogP contribution in [0, 0.1) is 23.7 Å². The predicted octanol–water partition coefficient (Wildman–Crippen LogP) is 12.7. The van der Waals surface area contributed by atoms with Crippen molar-refractivity contribution in [2.24, 2.45) is 23.7 Å². The number of nitrogens with zero attached hydrogens (tertiary/aromatic N) is 1. The maximum absolute atomic E-state index is 3.78. The third-order valence-corrected chi connectivity index (χ3v) is 1.23. The minimum Gasteiger partial charge on any atom is -0.265 e. The summed E-state index contributed by atoms with van der Waals surface area (Å²) in [6, 6.07) is 17.7. The van der Waals surface area contributed by atoms with Crippen LogP contribution in [0.5, 0.6) is 0 Å². The smallest absolute Gasteiger partial charge is 0.0267 e. The van der Waals surface area contributed by atoms with Crippen LogP contribution in [0.3, 0.4) is 0 Å². The molecule has 0 aliphatic heterocycles. The van der Waals surface area contributed by atoms with Crippen molar-refractivity contribution in [3.8, 4) is 0 Å². The average molecular weight is 482 g/mol. The first-order valence-corrected chi connectivity index (χ1v) is 12.8. The van der Waals surface area contributed by atoms with Gasteiger partial charge in [0.25, 0.3) is 0 Å². The standard InChI is InChI=1S/C6H6.C5H5N.4C4H10.2C2H6.2CH4/c2*1-2-4-6-5-3-1;4*1-4(2)3;2*1-2;;/h1-6H;1-5H;4*4H,1-3H3;2*1-2H3;2*1H4. The van der Waals surface area contributed by atoms with Crippen LogP contribution in [0.15, 0.2) is 67.0 Å². The molecule has 1 nitrogen and oxygen atoms in total. The third-order valence-electron chi connectivity index (χ3n) is 1.23. The lowest BCUT2D eigenvalue weighted by Crippen LogP contribution is -1.66. The van der Waals surface area contributed by atoms with E-state index < -0.39 is 0 Å². The molecule has 0 N–H and O–H groups in total. The zero-order chi connectivity index (χ0) is 26.8. The van der Waals surface area contributed by atoms with Crippen LogP contribution >= 0.6 is 0 Å². The summed E-state index contributed by atoms with van der Waals surface area (Å²) in [7, 11) is 0. The van der Waals surface area contributed by atoms with Gasteiger partial charge < -0.3 is 0 Å². The van der Waals surface area contributed by atoms with E-state index in [4.69, 9.17) is 0 Å². The van der Waals surface area contributed by atoms with Crippen LogP contribution < -0.4 is 0 Å². The molecule has 0 saturated carbocycles. The summed E-state index contributed by atoms with van der Waals surface area (Å²) in [6.45, 7) is 34.0. The van der Waals surface area contributed by atoms with Crippen LogP contribution in [0.4, 0.5) is 0 Å². The van der Waals surface area contributed by atoms with E-state index in [1.165, 1.54) is 0 Å². The predicted molar refractivity (Wildman–Crippen MR) is 169 cm³/mol. The zero-order valence-electron chi connectivity index (χ0n) is 25.1. The van der Waals surface area contributed by atoms with Gasteiger partial charge in [0.15, 0.2) is 0 Å². The molecule has 2 aromatic rings. The molecular weight excluding hydrogens is 410 g/mol. The topological polar surface area (TPSA) is 12.9 Å². The molecule has 0 atom stereocenters. The Morgan fingerprint density at radius 2 is 0.441 bits per heavy atom. The van der Waals surface area contributed by atoms with Gasteiger partial charge in [-0.15, -0.1) is 0 Å². The van der Waals surface area contributed by atoms with E-state index in [0.717, 1.165) is 23.7 Å². The Kier molecular flexibility index (Phi) is 91.2. The second kappa shape index (κ2) is 57.8. The van der Waals surface area contributed by atoms with E-state index in [-0.39, 0.29) is 14.9 Å². The first-order chi connectivity index (χ1) is 14.9. The van der Waals surface area contributed by atoms with Gasteiger partial charge in [0.05, 0.1) is 0 Å². The molecular formula is C33H71N. The second-order valence-corrected chi connectivity index (χ2v) is 9.11. The van der Waals surface area contributed by atoms with Crippen LogP contribution in [-0.4, -0.2) is 4.98 Å². The minimum atomic E-state index is 0. The van der Waals surface area contributed by atoms with Crippen LogP contribution in [-0.2, 0) is 0 Å². The summed E-state index contributed by atoms with van der Waals surface area (Å²) in [5.41, 5.74) is 0. The second-order valence-electron chi connectivity index (χ2n) is 9.11. The fourth-order valence-electron chi connectivity index (χ4n) is 0.698. The largest absolute Gasteiger partial charge is 0.265 e. The lowest BCUT2D eigenvalue weighted by molar-refractivity contribution is 0.736. The van der Waals surface area contributed by atoms with Crippen LogP contribution in [0.2, 0.25) is 0 Å². The Hall–Kier alpha value is -1.63. The summed E-state index contributed by atoms with van der Waals surface area (Å²) in [6.07, 6.45) is 3.50. The van der Waals surface area contributed by atoms with E-state index in [2.05, 4.69) is 88.1 Å². The lowest BCUT2D eigenvalue weighted by atomic mass is 10.3. The molecule has 0 fully saturated rings. The first kappa shape index (κ1) is 53.6. The summed E-state index contributed by atoms with van der Waals surface area (Å²) >= 11 is 0. The van der Waals surface area contributed by atoms with E-state index in [1.807, 2.05) is 82.3 Å². The summed E-state index contributed by atoms with van der Waals surface area (Å²) in [4.78, 5) is 3.78. The number of aromatic nitrogens is 1. The molecule has 0 bridgehead atoms. The van der Waals surface area contributed by atoms with Gasteiger partial charge in [0.1, 0.15) is 0 Å². The van der Waals surface area contributed by atoms with Crippen LogP contribution in [0.1, 0.15) is 126 Å². The highest BCUT2D eigenvalue weighted by Gasteiger charge is 1.69. The van der Waals surface area contributed by atoms with Gasteiger partial charge in [0.2, 0.25) is 0 Å². The summed E-state index contributed by atoms with van der Waals surface area (Å²) in [5, 5.41) is 0. The Labute approximate surface area is 221 Å².